The van der Waals surface area contributed by atoms with Crippen LogP contribution in [0.3, 0.4) is 0 Å². The molecule has 0 heterocycles. The summed E-state index contributed by atoms with van der Waals surface area (Å²) in [4.78, 5) is 0.220. The predicted octanol–water partition coefficient (Wildman–Crippen LogP) is 0.879. The molecule has 0 unspecified atom stereocenters. The summed E-state index contributed by atoms with van der Waals surface area (Å²) >= 11 is 0. The Balaban J connectivity index is 2.73. The molecular weight excluding hydrogens is 200 g/mol. The SMILES string of the molecule is N#CCCNS(=O)(=O)c1ccccc1. The van der Waals surface area contributed by atoms with Gasteiger partial charge in [0.15, 0.2) is 0 Å². The van der Waals surface area contributed by atoms with Crippen LogP contribution in [0.2, 0.25) is 0 Å². The summed E-state index contributed by atoms with van der Waals surface area (Å²) in [5.74, 6) is 0. The van der Waals surface area contributed by atoms with Crippen LogP contribution >= 0.6 is 0 Å². The van der Waals surface area contributed by atoms with Gasteiger partial charge in [0.25, 0.3) is 0 Å². The Morgan fingerprint density at radius 3 is 2.50 bits per heavy atom. The van der Waals surface area contributed by atoms with Crippen LogP contribution in [0.5, 0.6) is 0 Å². The van der Waals surface area contributed by atoms with Crippen molar-refractivity contribution in [2.24, 2.45) is 0 Å². The zero-order valence-electron chi connectivity index (χ0n) is 7.47. The molecule has 1 N–H and O–H groups in total. The Hall–Kier alpha value is -1.38. The third-order valence-corrected chi connectivity index (χ3v) is 3.06. The molecule has 0 saturated heterocycles. The molecule has 4 nitrogen and oxygen atoms in total. The average Bonchev–Trinajstić information content (AvgIpc) is 2.19. The predicted molar refractivity (Wildman–Crippen MR) is 51.9 cm³/mol. The summed E-state index contributed by atoms with van der Waals surface area (Å²) in [5.41, 5.74) is 0. The van der Waals surface area contributed by atoms with Gasteiger partial charge in [0.2, 0.25) is 10.0 Å². The summed E-state index contributed by atoms with van der Waals surface area (Å²) in [6.45, 7) is 0.147. The molecule has 0 spiro atoms. The molecule has 0 atom stereocenters. The van der Waals surface area contributed by atoms with Crippen LogP contribution in [0.1, 0.15) is 6.42 Å². The molecule has 0 amide bonds. The van der Waals surface area contributed by atoms with E-state index in [0.29, 0.717) is 0 Å². The van der Waals surface area contributed by atoms with Gasteiger partial charge in [-0.2, -0.15) is 5.26 Å². The van der Waals surface area contributed by atoms with Gasteiger partial charge in [-0.3, -0.25) is 0 Å². The lowest BCUT2D eigenvalue weighted by Crippen LogP contribution is -2.24. The molecule has 0 bridgehead atoms. The normalized spacial score (nSPS) is 10.8. The van der Waals surface area contributed by atoms with Crippen molar-refractivity contribution in [3.05, 3.63) is 30.3 Å². The van der Waals surface area contributed by atoms with E-state index in [1.807, 2.05) is 6.07 Å². The fraction of sp³-hybridized carbons (Fsp3) is 0.222. The first-order valence-corrected chi connectivity index (χ1v) is 5.57. The lowest BCUT2D eigenvalue weighted by Gasteiger charge is -2.03. The van der Waals surface area contributed by atoms with E-state index in [1.165, 1.54) is 12.1 Å². The van der Waals surface area contributed by atoms with Gasteiger partial charge in [-0.25, -0.2) is 13.1 Å². The van der Waals surface area contributed by atoms with Crippen molar-refractivity contribution in [1.82, 2.24) is 4.72 Å². The molecule has 1 aromatic rings. The van der Waals surface area contributed by atoms with Crippen LogP contribution in [0.25, 0.3) is 0 Å². The standard InChI is InChI=1S/C9H10N2O2S/c10-7-4-8-11-14(12,13)9-5-2-1-3-6-9/h1-3,5-6,11H,4,8H2. The molecule has 0 radical (unpaired) electrons. The average molecular weight is 210 g/mol. The highest BCUT2D eigenvalue weighted by Gasteiger charge is 2.11. The fourth-order valence-corrected chi connectivity index (χ4v) is 1.98. The van der Waals surface area contributed by atoms with Gasteiger partial charge in [-0.15, -0.1) is 0 Å². The molecule has 1 rings (SSSR count). The molecular formula is C9H10N2O2S. The summed E-state index contributed by atoms with van der Waals surface area (Å²) < 4.78 is 25.3. The number of rotatable bonds is 4. The van der Waals surface area contributed by atoms with Crippen LogP contribution in [0.4, 0.5) is 0 Å². The van der Waals surface area contributed by atoms with E-state index < -0.39 is 10.0 Å². The maximum absolute atomic E-state index is 11.5. The largest absolute Gasteiger partial charge is 0.240 e. The second-order valence-electron chi connectivity index (χ2n) is 2.62. The van der Waals surface area contributed by atoms with Crippen molar-refractivity contribution < 1.29 is 8.42 Å². The Bertz CT molecular complexity index is 420. The number of nitrogens with zero attached hydrogens (tertiary/aromatic N) is 1. The van der Waals surface area contributed by atoms with E-state index in [-0.39, 0.29) is 17.9 Å². The summed E-state index contributed by atoms with van der Waals surface area (Å²) in [6, 6.07) is 9.93. The quantitative estimate of drug-likeness (QED) is 0.750. The van der Waals surface area contributed by atoms with Crippen LogP contribution < -0.4 is 4.72 Å². The maximum Gasteiger partial charge on any atom is 0.240 e. The Kier molecular flexibility index (Phi) is 3.63. The zero-order valence-corrected chi connectivity index (χ0v) is 8.29. The van der Waals surface area contributed by atoms with E-state index >= 15 is 0 Å². The zero-order chi connectivity index (χ0) is 10.4. The molecule has 0 fully saturated rings. The van der Waals surface area contributed by atoms with E-state index in [4.69, 9.17) is 5.26 Å². The highest BCUT2D eigenvalue weighted by Crippen LogP contribution is 2.06. The first-order valence-electron chi connectivity index (χ1n) is 4.08. The second kappa shape index (κ2) is 4.74. The van der Waals surface area contributed by atoms with Crippen molar-refractivity contribution in [3.8, 4) is 6.07 Å². The maximum atomic E-state index is 11.5. The first-order chi connectivity index (χ1) is 6.67. The highest BCUT2D eigenvalue weighted by molar-refractivity contribution is 7.89. The van der Waals surface area contributed by atoms with Crippen molar-refractivity contribution in [3.63, 3.8) is 0 Å². The smallest absolute Gasteiger partial charge is 0.210 e. The van der Waals surface area contributed by atoms with Crippen LogP contribution in [0, 0.1) is 11.3 Å². The summed E-state index contributed by atoms with van der Waals surface area (Å²) in [6.07, 6.45) is 0.173. The van der Waals surface area contributed by atoms with Crippen molar-refractivity contribution in [2.75, 3.05) is 6.54 Å². The minimum absolute atomic E-state index is 0.147. The second-order valence-corrected chi connectivity index (χ2v) is 4.39. The summed E-state index contributed by atoms with van der Waals surface area (Å²) in [7, 11) is -3.43. The monoisotopic (exact) mass is 210 g/mol. The van der Waals surface area contributed by atoms with Gasteiger partial charge >= 0.3 is 0 Å². The van der Waals surface area contributed by atoms with E-state index in [2.05, 4.69) is 4.72 Å². The molecule has 0 aliphatic heterocycles. The van der Waals surface area contributed by atoms with Gasteiger partial charge < -0.3 is 0 Å². The van der Waals surface area contributed by atoms with Gasteiger partial charge in [0.05, 0.1) is 11.0 Å². The molecule has 5 heteroatoms. The van der Waals surface area contributed by atoms with Gasteiger partial charge in [0.1, 0.15) is 0 Å². The number of sulfonamides is 1. The van der Waals surface area contributed by atoms with Crippen molar-refractivity contribution >= 4 is 10.0 Å². The third-order valence-electron chi connectivity index (χ3n) is 1.58. The van der Waals surface area contributed by atoms with Gasteiger partial charge in [-0.05, 0) is 12.1 Å². The molecule has 0 aliphatic carbocycles. The molecule has 74 valence electrons. The van der Waals surface area contributed by atoms with Crippen LogP contribution in [-0.2, 0) is 10.0 Å². The Labute approximate surface area is 83.2 Å². The van der Waals surface area contributed by atoms with Gasteiger partial charge in [-0.1, -0.05) is 18.2 Å². The lowest BCUT2D eigenvalue weighted by atomic mass is 10.4. The van der Waals surface area contributed by atoms with E-state index in [1.54, 1.807) is 18.2 Å². The molecule has 1 aromatic carbocycles. The highest BCUT2D eigenvalue weighted by atomic mass is 32.2. The number of nitriles is 1. The number of hydrogen-bond donors (Lipinski definition) is 1. The van der Waals surface area contributed by atoms with E-state index in [9.17, 15) is 8.42 Å². The third kappa shape index (κ3) is 2.83. The number of benzene rings is 1. The van der Waals surface area contributed by atoms with Crippen LogP contribution in [-0.4, -0.2) is 15.0 Å². The van der Waals surface area contributed by atoms with E-state index in [0.717, 1.165) is 0 Å². The topological polar surface area (TPSA) is 70.0 Å². The summed E-state index contributed by atoms with van der Waals surface area (Å²) in [5, 5.41) is 8.25. The molecule has 0 aliphatic rings. The Morgan fingerprint density at radius 1 is 1.29 bits per heavy atom. The van der Waals surface area contributed by atoms with Crippen molar-refractivity contribution in [1.29, 1.82) is 5.26 Å². The minimum atomic E-state index is -3.43. The Morgan fingerprint density at radius 2 is 1.93 bits per heavy atom. The first kappa shape index (κ1) is 10.7. The van der Waals surface area contributed by atoms with Crippen LogP contribution in [0.15, 0.2) is 35.2 Å². The minimum Gasteiger partial charge on any atom is -0.210 e. The number of hydrogen-bond acceptors (Lipinski definition) is 3. The molecule has 14 heavy (non-hydrogen) atoms. The number of nitrogens with one attached hydrogen (secondary N) is 1. The fourth-order valence-electron chi connectivity index (χ4n) is 0.924. The lowest BCUT2D eigenvalue weighted by molar-refractivity contribution is 0.582. The molecule has 0 aromatic heterocycles. The van der Waals surface area contributed by atoms with Gasteiger partial charge in [0, 0.05) is 13.0 Å². The molecule has 0 saturated carbocycles. The van der Waals surface area contributed by atoms with Crippen molar-refractivity contribution in [2.45, 2.75) is 11.3 Å².